The highest BCUT2D eigenvalue weighted by atomic mass is 19.1. The highest BCUT2D eigenvalue weighted by Crippen LogP contribution is 2.23. The van der Waals surface area contributed by atoms with Gasteiger partial charge in [0, 0.05) is 36.5 Å². The van der Waals surface area contributed by atoms with Crippen LogP contribution in [0.3, 0.4) is 0 Å². The first-order valence-electron chi connectivity index (χ1n) is 9.75. The number of halogens is 1. The van der Waals surface area contributed by atoms with Gasteiger partial charge in [0.25, 0.3) is 11.6 Å². The van der Waals surface area contributed by atoms with Crippen molar-refractivity contribution in [1.29, 1.82) is 0 Å². The van der Waals surface area contributed by atoms with Crippen LogP contribution in [-0.4, -0.2) is 30.8 Å². The topological polar surface area (TPSA) is 125 Å². The molecule has 0 aliphatic heterocycles. The number of hydrogen-bond donors (Lipinski definition) is 1. The number of amides is 1. The number of hydrogen-bond acceptors (Lipinski definition) is 7. The summed E-state index contributed by atoms with van der Waals surface area (Å²) in [6, 6.07) is 14.9. The van der Waals surface area contributed by atoms with Crippen molar-refractivity contribution in [3.05, 3.63) is 99.7 Å². The molecular formula is C22H17FN6O4. The van der Waals surface area contributed by atoms with E-state index in [-0.39, 0.29) is 29.6 Å². The lowest BCUT2D eigenvalue weighted by molar-refractivity contribution is -0.384. The molecule has 0 radical (unpaired) electrons. The third kappa shape index (κ3) is 4.82. The average Bonchev–Trinajstić information content (AvgIpc) is 3.20. The van der Waals surface area contributed by atoms with Crippen molar-refractivity contribution in [2.45, 2.75) is 13.5 Å². The molecule has 1 N–H and O–H groups in total. The quantitative estimate of drug-likeness (QED) is 0.337. The van der Waals surface area contributed by atoms with Crippen molar-refractivity contribution in [3.8, 4) is 17.3 Å². The number of nitrogens with one attached hydrogen (secondary N) is 1. The summed E-state index contributed by atoms with van der Waals surface area (Å²) in [4.78, 5) is 27.4. The molecule has 0 aliphatic carbocycles. The highest BCUT2D eigenvalue weighted by Gasteiger charge is 2.19. The molecule has 0 saturated carbocycles. The van der Waals surface area contributed by atoms with Gasteiger partial charge in [-0.1, -0.05) is 23.4 Å². The standard InChI is InChI=1S/C22H17FN6O4/c1-14-20(26-27-28(14)17-7-3-8-18(12-17)29(31)32)21(30)25-13-15-5-4-10-24-22(15)33-19-9-2-6-16(23)11-19/h2-12H,13H2,1H3,(H,25,30). The molecule has 0 spiro atoms. The Balaban J connectivity index is 1.49. The first-order chi connectivity index (χ1) is 15.9. The third-order valence-electron chi connectivity index (χ3n) is 4.69. The maximum absolute atomic E-state index is 13.4. The molecule has 4 rings (SSSR count). The van der Waals surface area contributed by atoms with Crippen LogP contribution in [-0.2, 0) is 6.54 Å². The van der Waals surface area contributed by atoms with Gasteiger partial charge in [0.05, 0.1) is 16.3 Å². The van der Waals surface area contributed by atoms with Crippen LogP contribution in [0.15, 0.2) is 66.9 Å². The zero-order valence-electron chi connectivity index (χ0n) is 17.3. The molecule has 10 nitrogen and oxygen atoms in total. The van der Waals surface area contributed by atoms with E-state index in [1.807, 2.05) is 0 Å². The number of ether oxygens (including phenoxy) is 1. The van der Waals surface area contributed by atoms with Crippen molar-refractivity contribution in [1.82, 2.24) is 25.3 Å². The molecule has 2 aromatic carbocycles. The van der Waals surface area contributed by atoms with Crippen LogP contribution >= 0.6 is 0 Å². The summed E-state index contributed by atoms with van der Waals surface area (Å²) in [5.41, 5.74) is 1.36. The summed E-state index contributed by atoms with van der Waals surface area (Å²) in [6.45, 7) is 1.71. The van der Waals surface area contributed by atoms with Gasteiger partial charge in [0.15, 0.2) is 5.69 Å². The lowest BCUT2D eigenvalue weighted by atomic mass is 10.2. The first-order valence-corrected chi connectivity index (χ1v) is 9.75. The number of carbonyl (C=O) groups excluding carboxylic acids is 1. The van der Waals surface area contributed by atoms with Gasteiger partial charge >= 0.3 is 0 Å². The maximum Gasteiger partial charge on any atom is 0.274 e. The molecule has 0 aliphatic rings. The third-order valence-corrected chi connectivity index (χ3v) is 4.69. The molecule has 2 heterocycles. The Morgan fingerprint density at radius 2 is 2.00 bits per heavy atom. The van der Waals surface area contributed by atoms with E-state index in [0.717, 1.165) is 0 Å². The Bertz CT molecular complexity index is 1340. The van der Waals surface area contributed by atoms with E-state index in [1.54, 1.807) is 31.2 Å². The van der Waals surface area contributed by atoms with Crippen LogP contribution in [0.25, 0.3) is 5.69 Å². The summed E-state index contributed by atoms with van der Waals surface area (Å²) in [5.74, 6) is -0.442. The fourth-order valence-corrected chi connectivity index (χ4v) is 3.07. The van der Waals surface area contributed by atoms with Crippen LogP contribution in [0.5, 0.6) is 11.6 Å². The van der Waals surface area contributed by atoms with Gasteiger partial charge in [-0.05, 0) is 31.2 Å². The predicted molar refractivity (Wildman–Crippen MR) is 115 cm³/mol. The normalized spacial score (nSPS) is 10.6. The molecule has 0 fully saturated rings. The van der Waals surface area contributed by atoms with Gasteiger partial charge in [0.2, 0.25) is 5.88 Å². The summed E-state index contributed by atoms with van der Waals surface area (Å²) < 4.78 is 20.4. The molecule has 0 atom stereocenters. The largest absolute Gasteiger partial charge is 0.439 e. The van der Waals surface area contributed by atoms with Gasteiger partial charge in [0.1, 0.15) is 11.6 Å². The molecule has 33 heavy (non-hydrogen) atoms. The number of rotatable bonds is 7. The number of nitro benzene ring substituents is 1. The second-order valence-corrected chi connectivity index (χ2v) is 6.92. The molecule has 1 amide bonds. The lowest BCUT2D eigenvalue weighted by Crippen LogP contribution is -2.24. The summed E-state index contributed by atoms with van der Waals surface area (Å²) in [5, 5.41) is 21.6. The van der Waals surface area contributed by atoms with Crippen LogP contribution in [0.1, 0.15) is 21.7 Å². The van der Waals surface area contributed by atoms with E-state index in [4.69, 9.17) is 4.74 Å². The predicted octanol–water partition coefficient (Wildman–Crippen LogP) is 3.74. The molecular weight excluding hydrogens is 431 g/mol. The molecule has 0 saturated heterocycles. The fraction of sp³-hybridized carbons (Fsp3) is 0.0909. The number of pyridine rings is 1. The number of nitrogens with zero attached hydrogens (tertiary/aromatic N) is 5. The van der Waals surface area contributed by atoms with Gasteiger partial charge in [-0.2, -0.15) is 0 Å². The maximum atomic E-state index is 13.4. The first kappa shape index (κ1) is 21.6. The second kappa shape index (κ2) is 9.22. The number of aromatic nitrogens is 4. The highest BCUT2D eigenvalue weighted by molar-refractivity contribution is 5.93. The summed E-state index contributed by atoms with van der Waals surface area (Å²) in [6.07, 6.45) is 1.52. The van der Waals surface area contributed by atoms with E-state index < -0.39 is 16.6 Å². The molecule has 0 bridgehead atoms. The monoisotopic (exact) mass is 448 g/mol. The van der Waals surface area contributed by atoms with Crippen LogP contribution < -0.4 is 10.1 Å². The van der Waals surface area contributed by atoms with E-state index in [1.165, 1.54) is 47.3 Å². The Hall–Kier alpha value is -4.67. The minimum absolute atomic E-state index is 0.0676. The smallest absolute Gasteiger partial charge is 0.274 e. The molecule has 166 valence electrons. The molecule has 2 aromatic heterocycles. The van der Waals surface area contributed by atoms with Crippen LogP contribution in [0.4, 0.5) is 10.1 Å². The number of carbonyl (C=O) groups is 1. The Labute approximate surface area is 186 Å². The van der Waals surface area contributed by atoms with E-state index in [9.17, 15) is 19.3 Å². The van der Waals surface area contributed by atoms with Crippen molar-refractivity contribution in [3.63, 3.8) is 0 Å². The molecule has 0 unspecified atom stereocenters. The number of benzene rings is 2. The van der Waals surface area contributed by atoms with Gasteiger partial charge in [-0.15, -0.1) is 5.10 Å². The van der Waals surface area contributed by atoms with E-state index in [0.29, 0.717) is 16.9 Å². The van der Waals surface area contributed by atoms with Crippen molar-refractivity contribution in [2.24, 2.45) is 0 Å². The number of non-ortho nitro benzene ring substituents is 1. The molecule has 4 aromatic rings. The Morgan fingerprint density at radius 1 is 1.18 bits per heavy atom. The van der Waals surface area contributed by atoms with Crippen molar-refractivity contribution < 1.29 is 18.8 Å². The average molecular weight is 448 g/mol. The zero-order chi connectivity index (χ0) is 23.4. The summed E-state index contributed by atoms with van der Waals surface area (Å²) >= 11 is 0. The van der Waals surface area contributed by atoms with Crippen LogP contribution in [0.2, 0.25) is 0 Å². The zero-order valence-corrected chi connectivity index (χ0v) is 17.3. The Morgan fingerprint density at radius 3 is 2.79 bits per heavy atom. The lowest BCUT2D eigenvalue weighted by Gasteiger charge is -2.10. The van der Waals surface area contributed by atoms with Gasteiger partial charge < -0.3 is 10.1 Å². The van der Waals surface area contributed by atoms with E-state index >= 15 is 0 Å². The Kier molecular flexibility index (Phi) is 6.02. The minimum atomic E-state index is -0.513. The van der Waals surface area contributed by atoms with E-state index in [2.05, 4.69) is 20.6 Å². The van der Waals surface area contributed by atoms with Gasteiger partial charge in [-0.3, -0.25) is 14.9 Å². The summed E-state index contributed by atoms with van der Waals surface area (Å²) in [7, 11) is 0. The van der Waals surface area contributed by atoms with Gasteiger partial charge in [-0.25, -0.2) is 14.1 Å². The van der Waals surface area contributed by atoms with Crippen LogP contribution in [0, 0.1) is 22.9 Å². The fourth-order valence-electron chi connectivity index (χ4n) is 3.07. The number of nitro groups is 1. The van der Waals surface area contributed by atoms with Crippen molar-refractivity contribution in [2.75, 3.05) is 0 Å². The minimum Gasteiger partial charge on any atom is -0.439 e. The molecule has 11 heteroatoms. The second-order valence-electron chi connectivity index (χ2n) is 6.92. The SMILES string of the molecule is Cc1c(C(=O)NCc2cccnc2Oc2cccc(F)c2)nnn1-c1cccc([N+](=O)[O-])c1. The van der Waals surface area contributed by atoms with Crippen molar-refractivity contribution >= 4 is 11.6 Å².